The van der Waals surface area contributed by atoms with E-state index in [2.05, 4.69) is 30.2 Å². The van der Waals surface area contributed by atoms with E-state index in [-0.39, 0.29) is 66.9 Å². The second-order valence-electron chi connectivity index (χ2n) is 5.83. The van der Waals surface area contributed by atoms with Crippen LogP contribution >= 0.6 is 0 Å². The van der Waals surface area contributed by atoms with Gasteiger partial charge in [-0.3, -0.25) is 9.78 Å². The summed E-state index contributed by atoms with van der Waals surface area (Å²) >= 11 is 0. The van der Waals surface area contributed by atoms with E-state index >= 15 is 0 Å². The van der Waals surface area contributed by atoms with Crippen molar-refractivity contribution in [3.63, 3.8) is 0 Å². The first-order valence-corrected chi connectivity index (χ1v) is 7.72. The number of amides is 1. The van der Waals surface area contributed by atoms with Gasteiger partial charge in [-0.25, -0.2) is 0 Å². The Morgan fingerprint density at radius 2 is 1.54 bits per heavy atom. The molecular formula is C22H38N2OY. The molecule has 0 aliphatic rings. The van der Waals surface area contributed by atoms with Crippen LogP contribution in [0.5, 0.6) is 0 Å². The van der Waals surface area contributed by atoms with E-state index in [0.717, 1.165) is 5.56 Å². The van der Waals surface area contributed by atoms with Crippen molar-refractivity contribution < 1.29 is 37.5 Å². The average Bonchev–Trinajstić information content (AvgIpc) is 2.49. The van der Waals surface area contributed by atoms with E-state index in [9.17, 15) is 4.79 Å². The Morgan fingerprint density at radius 3 is 1.92 bits per heavy atom. The summed E-state index contributed by atoms with van der Waals surface area (Å²) in [5.74, 6) is 0.680. The molecule has 145 valence electrons. The molecule has 4 heteroatoms. The number of carbonyl (C=O) groups is 1. The molecule has 2 aromatic rings. The summed E-state index contributed by atoms with van der Waals surface area (Å²) in [5.41, 5.74) is 2.36. The van der Waals surface area contributed by atoms with Crippen LogP contribution in [0.4, 0.5) is 0 Å². The van der Waals surface area contributed by atoms with Crippen LogP contribution in [0, 0.1) is 0 Å². The molecule has 1 heterocycles. The third kappa shape index (κ3) is 15.2. The van der Waals surface area contributed by atoms with Gasteiger partial charge in [-0.1, -0.05) is 72.5 Å². The molecular weight excluding hydrogens is 397 g/mol. The number of nitrogens with zero attached hydrogens (tertiary/aromatic N) is 1. The number of benzene rings is 1. The van der Waals surface area contributed by atoms with Crippen molar-refractivity contribution >= 4 is 5.91 Å². The van der Waals surface area contributed by atoms with E-state index in [0.29, 0.717) is 12.3 Å². The molecule has 0 unspecified atom stereocenters. The van der Waals surface area contributed by atoms with Gasteiger partial charge in [-0.05, 0) is 37.0 Å². The second-order valence-corrected chi connectivity index (χ2v) is 5.83. The molecule has 1 amide bonds. The van der Waals surface area contributed by atoms with Gasteiger partial charge in [-0.2, -0.15) is 0 Å². The zero-order chi connectivity index (χ0) is 16.4. The van der Waals surface area contributed by atoms with Gasteiger partial charge in [0.05, 0.1) is 6.42 Å². The fraction of sp³-hybridized carbons (Fsp3) is 0.455. The monoisotopic (exact) mass is 435 g/mol. The predicted molar refractivity (Wildman–Crippen MR) is 112 cm³/mol. The maximum atomic E-state index is 11.3. The quantitative estimate of drug-likeness (QED) is 0.653. The van der Waals surface area contributed by atoms with E-state index < -0.39 is 0 Å². The minimum absolute atomic E-state index is 0. The minimum atomic E-state index is 0. The summed E-state index contributed by atoms with van der Waals surface area (Å²) in [6, 6.07) is 14.0. The summed E-state index contributed by atoms with van der Waals surface area (Å²) in [6.07, 6.45) is 4.18. The normalized spacial score (nSPS) is 8.54. The first-order valence-electron chi connectivity index (χ1n) is 7.72. The van der Waals surface area contributed by atoms with Crippen LogP contribution in [0.3, 0.4) is 0 Å². The Balaban J connectivity index is -0.000000168. The molecule has 0 atom stereocenters. The van der Waals surface area contributed by atoms with Gasteiger partial charge in [0.25, 0.3) is 0 Å². The van der Waals surface area contributed by atoms with Gasteiger partial charge >= 0.3 is 0 Å². The van der Waals surface area contributed by atoms with Gasteiger partial charge in [-0.15, -0.1) is 0 Å². The molecule has 0 bridgehead atoms. The summed E-state index contributed by atoms with van der Waals surface area (Å²) in [4.78, 5) is 15.3. The van der Waals surface area contributed by atoms with Crippen LogP contribution in [0.2, 0.25) is 0 Å². The van der Waals surface area contributed by atoms with E-state index in [1.165, 1.54) is 5.56 Å². The third-order valence-electron chi connectivity index (χ3n) is 3.01. The SMILES string of the molecule is C.C.C.CC(C)NC(=O)Cc1ccccc1.CC(C)c1cccnc1.[Y]. The van der Waals surface area contributed by atoms with Crippen molar-refractivity contribution in [3.05, 3.63) is 66.0 Å². The topological polar surface area (TPSA) is 42.0 Å². The summed E-state index contributed by atoms with van der Waals surface area (Å²) in [5, 5.41) is 2.85. The summed E-state index contributed by atoms with van der Waals surface area (Å²) < 4.78 is 0. The molecule has 3 nitrogen and oxygen atoms in total. The number of nitrogens with one attached hydrogen (secondary N) is 1. The molecule has 0 aliphatic carbocycles. The summed E-state index contributed by atoms with van der Waals surface area (Å²) in [7, 11) is 0. The Labute approximate surface area is 187 Å². The van der Waals surface area contributed by atoms with Crippen LogP contribution in [0.15, 0.2) is 54.9 Å². The molecule has 1 radical (unpaired) electrons. The molecule has 1 aromatic carbocycles. The summed E-state index contributed by atoms with van der Waals surface area (Å²) in [6.45, 7) is 8.25. The molecule has 0 saturated carbocycles. The van der Waals surface area contributed by atoms with Gasteiger partial charge < -0.3 is 5.32 Å². The first kappa shape index (κ1) is 32.6. The Hall–Kier alpha value is -1.06. The van der Waals surface area contributed by atoms with Gasteiger partial charge in [0.2, 0.25) is 5.91 Å². The minimum Gasteiger partial charge on any atom is -0.354 e. The number of rotatable bonds is 4. The van der Waals surface area contributed by atoms with Crippen LogP contribution in [0.1, 0.15) is 67.0 Å². The van der Waals surface area contributed by atoms with Crippen molar-refractivity contribution in [3.8, 4) is 0 Å². The van der Waals surface area contributed by atoms with E-state index in [1.54, 1.807) is 6.20 Å². The van der Waals surface area contributed by atoms with E-state index in [1.807, 2.05) is 56.4 Å². The van der Waals surface area contributed by atoms with Gasteiger partial charge in [0, 0.05) is 51.1 Å². The molecule has 0 saturated heterocycles. The van der Waals surface area contributed by atoms with Gasteiger partial charge in [0.15, 0.2) is 0 Å². The predicted octanol–water partition coefficient (Wildman–Crippen LogP) is 5.86. The van der Waals surface area contributed by atoms with E-state index in [4.69, 9.17) is 0 Å². The second kappa shape index (κ2) is 18.7. The first-order chi connectivity index (χ1) is 10.5. The number of aromatic nitrogens is 1. The molecule has 2 rings (SSSR count). The Bertz CT molecular complexity index is 543. The van der Waals surface area contributed by atoms with Crippen molar-refractivity contribution in [2.45, 2.75) is 68.4 Å². The molecule has 0 fully saturated rings. The fourth-order valence-corrected chi connectivity index (χ4v) is 1.87. The Morgan fingerprint density at radius 1 is 0.962 bits per heavy atom. The van der Waals surface area contributed by atoms with Crippen molar-refractivity contribution in [1.29, 1.82) is 0 Å². The molecule has 0 spiro atoms. The van der Waals surface area contributed by atoms with Crippen LogP contribution in [-0.4, -0.2) is 16.9 Å². The van der Waals surface area contributed by atoms with Crippen LogP contribution < -0.4 is 5.32 Å². The number of hydrogen-bond donors (Lipinski definition) is 1. The molecule has 1 N–H and O–H groups in total. The van der Waals surface area contributed by atoms with Crippen LogP contribution in [-0.2, 0) is 43.9 Å². The Kier molecular flexibility index (Phi) is 23.5. The molecule has 1 aromatic heterocycles. The number of hydrogen-bond acceptors (Lipinski definition) is 2. The fourth-order valence-electron chi connectivity index (χ4n) is 1.87. The maximum absolute atomic E-state index is 11.3. The van der Waals surface area contributed by atoms with Crippen LogP contribution in [0.25, 0.3) is 0 Å². The standard InChI is InChI=1S/C11H15NO.C8H11N.3CH4.Y/c1-9(2)12-11(13)8-10-6-4-3-5-7-10;1-7(2)8-4-3-5-9-6-8;;;;/h3-7,9H,8H2,1-2H3,(H,12,13);3-7H,1-2H3;3*1H4;. The van der Waals surface area contributed by atoms with Crippen molar-refractivity contribution in [2.75, 3.05) is 0 Å². The molecule has 0 aliphatic heterocycles. The number of carbonyl (C=O) groups excluding carboxylic acids is 1. The van der Waals surface area contributed by atoms with Crippen molar-refractivity contribution in [2.24, 2.45) is 0 Å². The largest absolute Gasteiger partial charge is 0.354 e. The zero-order valence-electron chi connectivity index (χ0n) is 14.5. The molecule has 26 heavy (non-hydrogen) atoms. The number of pyridine rings is 1. The average molecular weight is 435 g/mol. The maximum Gasteiger partial charge on any atom is 0.224 e. The third-order valence-corrected chi connectivity index (χ3v) is 3.01. The zero-order valence-corrected chi connectivity index (χ0v) is 17.3. The smallest absolute Gasteiger partial charge is 0.224 e. The van der Waals surface area contributed by atoms with Gasteiger partial charge in [0.1, 0.15) is 0 Å². The van der Waals surface area contributed by atoms with Crippen molar-refractivity contribution in [1.82, 2.24) is 10.3 Å².